The van der Waals surface area contributed by atoms with Gasteiger partial charge in [-0.15, -0.1) is 0 Å². The van der Waals surface area contributed by atoms with Crippen molar-refractivity contribution >= 4 is 5.91 Å². The van der Waals surface area contributed by atoms with Gasteiger partial charge in [0.25, 0.3) is 5.91 Å². The fourth-order valence-electron chi connectivity index (χ4n) is 2.63. The Balaban J connectivity index is 2.24. The van der Waals surface area contributed by atoms with E-state index in [1.807, 2.05) is 4.90 Å². The highest BCUT2D eigenvalue weighted by molar-refractivity contribution is 5.95. The minimum absolute atomic E-state index is 0.0396. The number of carbonyl (C=O) groups excluding carboxylic acids is 1. The number of phenolic OH excluding ortho intramolecular Hbond substituents is 1. The van der Waals surface area contributed by atoms with Gasteiger partial charge in [-0.3, -0.25) is 4.79 Å². The topological polar surface area (TPSA) is 40.5 Å². The number of hydrogen-bond acceptors (Lipinski definition) is 2. The number of hydrogen-bond donors (Lipinski definition) is 1. The van der Waals surface area contributed by atoms with Crippen molar-refractivity contribution in [1.82, 2.24) is 4.90 Å². The molecular weight excluding hydrogens is 214 g/mol. The first-order valence-electron chi connectivity index (χ1n) is 6.25. The molecule has 2 unspecified atom stereocenters. The van der Waals surface area contributed by atoms with Crippen molar-refractivity contribution in [3.05, 3.63) is 29.8 Å². The average Bonchev–Trinajstić information content (AvgIpc) is 2.69. The molecule has 1 saturated heterocycles. The van der Waals surface area contributed by atoms with E-state index in [9.17, 15) is 9.90 Å². The van der Waals surface area contributed by atoms with E-state index in [0.717, 1.165) is 19.3 Å². The Bertz CT molecular complexity index is 416. The van der Waals surface area contributed by atoms with Gasteiger partial charge in [-0.1, -0.05) is 13.0 Å². The third-order valence-corrected chi connectivity index (χ3v) is 3.58. The molecule has 0 bridgehead atoms. The number of phenols is 1. The van der Waals surface area contributed by atoms with Crippen molar-refractivity contribution in [3.63, 3.8) is 0 Å². The van der Waals surface area contributed by atoms with E-state index in [-0.39, 0.29) is 11.7 Å². The standard InChI is InChI=1S/C14H19NO2/c1-3-12-8-7-10(2)15(12)14(17)11-5-4-6-13(16)9-11/h4-6,9-10,12,16H,3,7-8H2,1-2H3. The first-order chi connectivity index (χ1) is 8.13. The summed E-state index contributed by atoms with van der Waals surface area (Å²) in [5.41, 5.74) is 0.581. The Morgan fingerprint density at radius 3 is 2.88 bits per heavy atom. The number of likely N-dealkylation sites (tertiary alicyclic amines) is 1. The molecule has 2 atom stereocenters. The lowest BCUT2D eigenvalue weighted by atomic mass is 10.1. The Hall–Kier alpha value is -1.51. The normalized spacial score (nSPS) is 24.0. The third kappa shape index (κ3) is 2.28. The van der Waals surface area contributed by atoms with E-state index < -0.39 is 0 Å². The Kier molecular flexibility index (Phi) is 3.36. The van der Waals surface area contributed by atoms with Gasteiger partial charge in [0.2, 0.25) is 0 Å². The number of aromatic hydroxyl groups is 1. The minimum atomic E-state index is 0.0396. The summed E-state index contributed by atoms with van der Waals surface area (Å²) in [5, 5.41) is 9.42. The highest BCUT2D eigenvalue weighted by atomic mass is 16.3. The molecular formula is C14H19NO2. The summed E-state index contributed by atoms with van der Waals surface area (Å²) in [5.74, 6) is 0.188. The fourth-order valence-corrected chi connectivity index (χ4v) is 2.63. The van der Waals surface area contributed by atoms with Gasteiger partial charge in [0.1, 0.15) is 5.75 Å². The molecule has 1 aromatic carbocycles. The maximum atomic E-state index is 12.4. The highest BCUT2D eigenvalue weighted by Gasteiger charge is 2.33. The van der Waals surface area contributed by atoms with Crippen molar-refractivity contribution < 1.29 is 9.90 Å². The lowest BCUT2D eigenvalue weighted by molar-refractivity contribution is 0.0676. The van der Waals surface area contributed by atoms with Crippen LogP contribution in [0.1, 0.15) is 43.5 Å². The zero-order valence-electron chi connectivity index (χ0n) is 10.4. The Labute approximate surface area is 102 Å². The number of carbonyl (C=O) groups is 1. The van der Waals surface area contributed by atoms with Crippen LogP contribution in [0.25, 0.3) is 0 Å². The molecule has 1 aromatic rings. The van der Waals surface area contributed by atoms with Crippen LogP contribution < -0.4 is 0 Å². The summed E-state index contributed by atoms with van der Waals surface area (Å²) in [7, 11) is 0. The van der Waals surface area contributed by atoms with Crippen LogP contribution in [0.5, 0.6) is 5.75 Å². The van der Waals surface area contributed by atoms with Gasteiger partial charge in [0.15, 0.2) is 0 Å². The molecule has 1 heterocycles. The van der Waals surface area contributed by atoms with Gasteiger partial charge in [-0.25, -0.2) is 0 Å². The second-order valence-electron chi connectivity index (χ2n) is 4.75. The van der Waals surface area contributed by atoms with E-state index in [2.05, 4.69) is 13.8 Å². The SMILES string of the molecule is CCC1CCC(C)N1C(=O)c1cccc(O)c1. The summed E-state index contributed by atoms with van der Waals surface area (Å²) in [6.07, 6.45) is 3.15. The average molecular weight is 233 g/mol. The van der Waals surface area contributed by atoms with Crippen LogP contribution in [0.2, 0.25) is 0 Å². The zero-order valence-corrected chi connectivity index (χ0v) is 10.4. The molecule has 17 heavy (non-hydrogen) atoms. The maximum absolute atomic E-state index is 12.4. The predicted octanol–water partition coefficient (Wildman–Crippen LogP) is 2.80. The number of nitrogens with zero attached hydrogens (tertiary/aromatic N) is 1. The molecule has 0 spiro atoms. The monoisotopic (exact) mass is 233 g/mol. The van der Waals surface area contributed by atoms with Crippen LogP contribution in [-0.4, -0.2) is 28.0 Å². The van der Waals surface area contributed by atoms with E-state index in [1.165, 1.54) is 0 Å². The van der Waals surface area contributed by atoms with Gasteiger partial charge in [0, 0.05) is 17.6 Å². The van der Waals surface area contributed by atoms with Gasteiger partial charge in [0.05, 0.1) is 0 Å². The van der Waals surface area contributed by atoms with Crippen LogP contribution in [0.15, 0.2) is 24.3 Å². The third-order valence-electron chi connectivity index (χ3n) is 3.58. The minimum Gasteiger partial charge on any atom is -0.508 e. The molecule has 1 fully saturated rings. The van der Waals surface area contributed by atoms with Crippen molar-refractivity contribution in [2.45, 2.75) is 45.2 Å². The summed E-state index contributed by atoms with van der Waals surface area (Å²) < 4.78 is 0. The van der Waals surface area contributed by atoms with Crippen molar-refractivity contribution in [2.75, 3.05) is 0 Å². The molecule has 92 valence electrons. The predicted molar refractivity (Wildman–Crippen MR) is 67.1 cm³/mol. The van der Waals surface area contributed by atoms with E-state index in [4.69, 9.17) is 0 Å². The van der Waals surface area contributed by atoms with Crippen LogP contribution in [-0.2, 0) is 0 Å². The second-order valence-corrected chi connectivity index (χ2v) is 4.75. The smallest absolute Gasteiger partial charge is 0.254 e. The van der Waals surface area contributed by atoms with Gasteiger partial charge in [-0.05, 0) is 44.4 Å². The molecule has 0 radical (unpaired) electrons. The second kappa shape index (κ2) is 4.78. The first-order valence-corrected chi connectivity index (χ1v) is 6.25. The molecule has 0 aliphatic carbocycles. The van der Waals surface area contributed by atoms with Crippen molar-refractivity contribution in [2.24, 2.45) is 0 Å². The highest BCUT2D eigenvalue weighted by Crippen LogP contribution is 2.28. The lowest BCUT2D eigenvalue weighted by Gasteiger charge is -2.28. The van der Waals surface area contributed by atoms with E-state index in [1.54, 1.807) is 24.3 Å². The summed E-state index contributed by atoms with van der Waals surface area (Å²) in [6, 6.07) is 7.25. The van der Waals surface area contributed by atoms with Crippen LogP contribution in [0.4, 0.5) is 0 Å². The summed E-state index contributed by atoms with van der Waals surface area (Å²) in [6.45, 7) is 4.21. The van der Waals surface area contributed by atoms with Crippen molar-refractivity contribution in [1.29, 1.82) is 0 Å². The fraction of sp³-hybridized carbons (Fsp3) is 0.500. The largest absolute Gasteiger partial charge is 0.508 e. The van der Waals surface area contributed by atoms with Crippen LogP contribution in [0, 0.1) is 0 Å². The van der Waals surface area contributed by atoms with Crippen LogP contribution >= 0.6 is 0 Å². The Morgan fingerprint density at radius 2 is 2.24 bits per heavy atom. The lowest BCUT2D eigenvalue weighted by Crippen LogP contribution is -2.39. The van der Waals surface area contributed by atoms with Gasteiger partial charge < -0.3 is 10.0 Å². The molecule has 1 aliphatic rings. The molecule has 2 rings (SSSR count). The molecule has 1 N–H and O–H groups in total. The van der Waals surface area contributed by atoms with E-state index in [0.29, 0.717) is 17.6 Å². The number of amides is 1. The molecule has 3 nitrogen and oxygen atoms in total. The molecule has 3 heteroatoms. The molecule has 1 aliphatic heterocycles. The molecule has 0 saturated carbocycles. The zero-order chi connectivity index (χ0) is 12.4. The van der Waals surface area contributed by atoms with E-state index >= 15 is 0 Å². The quantitative estimate of drug-likeness (QED) is 0.853. The van der Waals surface area contributed by atoms with Gasteiger partial charge >= 0.3 is 0 Å². The maximum Gasteiger partial charge on any atom is 0.254 e. The summed E-state index contributed by atoms with van der Waals surface area (Å²) >= 11 is 0. The first kappa shape index (κ1) is 12.0. The Morgan fingerprint density at radius 1 is 1.47 bits per heavy atom. The molecule has 1 amide bonds. The number of benzene rings is 1. The van der Waals surface area contributed by atoms with Crippen molar-refractivity contribution in [3.8, 4) is 5.75 Å². The number of rotatable bonds is 2. The summed E-state index contributed by atoms with van der Waals surface area (Å²) in [4.78, 5) is 14.4. The molecule has 0 aromatic heterocycles. The van der Waals surface area contributed by atoms with Gasteiger partial charge in [-0.2, -0.15) is 0 Å². The van der Waals surface area contributed by atoms with Crippen LogP contribution in [0.3, 0.4) is 0 Å².